The lowest BCUT2D eigenvalue weighted by Gasteiger charge is -2.26. The molecule has 4 rings (SSSR count). The number of anilines is 2. The highest BCUT2D eigenvalue weighted by atomic mass is 32.2. The molecule has 9 nitrogen and oxygen atoms in total. The van der Waals surface area contributed by atoms with Gasteiger partial charge in [0.05, 0.1) is 6.61 Å². The third-order valence-electron chi connectivity index (χ3n) is 5.17. The van der Waals surface area contributed by atoms with E-state index in [0.717, 1.165) is 25.3 Å². The van der Waals surface area contributed by atoms with E-state index in [1.807, 2.05) is 13.1 Å². The van der Waals surface area contributed by atoms with Crippen LogP contribution < -0.4 is 14.8 Å². The van der Waals surface area contributed by atoms with Gasteiger partial charge in [-0.15, -0.1) is 5.10 Å². The Morgan fingerprint density at radius 3 is 2.78 bits per heavy atom. The molecule has 0 saturated carbocycles. The highest BCUT2D eigenvalue weighted by Gasteiger charge is 2.11. The van der Waals surface area contributed by atoms with Gasteiger partial charge >= 0.3 is 0 Å². The van der Waals surface area contributed by atoms with Crippen LogP contribution in [-0.2, 0) is 13.6 Å². The van der Waals surface area contributed by atoms with Crippen molar-refractivity contribution < 1.29 is 4.74 Å². The first-order valence-electron chi connectivity index (χ1n) is 11.1. The Morgan fingerprint density at radius 2 is 1.94 bits per heavy atom. The lowest BCUT2D eigenvalue weighted by atomic mass is 10.1. The third kappa shape index (κ3) is 6.83. The topological polar surface area (TPSA) is 93.0 Å². The van der Waals surface area contributed by atoms with Gasteiger partial charge in [0.25, 0.3) is 5.95 Å². The molecule has 0 atom stereocenters. The van der Waals surface area contributed by atoms with E-state index < -0.39 is 0 Å². The summed E-state index contributed by atoms with van der Waals surface area (Å²) in [5.74, 6) is 2.14. The van der Waals surface area contributed by atoms with E-state index >= 15 is 0 Å². The number of rotatable bonds is 11. The molecule has 0 bridgehead atoms. The molecule has 1 aromatic carbocycles. The minimum absolute atomic E-state index is 0.509. The molecule has 10 heteroatoms. The number of nitrogens with zero attached hydrogens (tertiary/aromatic N) is 6. The quantitative estimate of drug-likeness (QED) is 0.256. The zero-order valence-electron chi connectivity index (χ0n) is 18.4. The first-order chi connectivity index (χ1) is 15.8. The number of piperidine rings is 1. The van der Waals surface area contributed by atoms with Crippen molar-refractivity contribution in [2.75, 3.05) is 36.3 Å². The number of hydrogen-bond donors (Lipinski definition) is 2. The van der Waals surface area contributed by atoms with Crippen LogP contribution in [0.1, 0.15) is 31.2 Å². The van der Waals surface area contributed by atoms with Gasteiger partial charge in [-0.2, -0.15) is 4.98 Å². The fourth-order valence-corrected chi connectivity index (χ4v) is 4.08. The van der Waals surface area contributed by atoms with Gasteiger partial charge in [-0.1, -0.05) is 18.6 Å². The summed E-state index contributed by atoms with van der Waals surface area (Å²) in [6, 6.07) is 10.2. The summed E-state index contributed by atoms with van der Waals surface area (Å²) in [5, 5.41) is 8.27. The molecule has 3 heterocycles. The molecular weight excluding hydrogens is 424 g/mol. The predicted molar refractivity (Wildman–Crippen MR) is 127 cm³/mol. The van der Waals surface area contributed by atoms with Gasteiger partial charge in [0, 0.05) is 44.5 Å². The molecule has 170 valence electrons. The van der Waals surface area contributed by atoms with E-state index in [9.17, 15) is 0 Å². The zero-order chi connectivity index (χ0) is 22.0. The van der Waals surface area contributed by atoms with Gasteiger partial charge in [-0.25, -0.2) is 14.6 Å². The number of nitrogens with one attached hydrogen (secondary N) is 2. The minimum Gasteiger partial charge on any atom is -0.494 e. The molecule has 0 spiro atoms. The molecule has 1 saturated heterocycles. The van der Waals surface area contributed by atoms with E-state index in [1.54, 1.807) is 23.1 Å². The van der Waals surface area contributed by atoms with Crippen molar-refractivity contribution in [2.24, 2.45) is 7.05 Å². The molecule has 1 aliphatic heterocycles. The fourth-order valence-electron chi connectivity index (χ4n) is 3.58. The second-order valence-electron chi connectivity index (χ2n) is 7.73. The van der Waals surface area contributed by atoms with E-state index in [2.05, 4.69) is 53.2 Å². The smallest absolute Gasteiger partial charge is 0.254 e. The van der Waals surface area contributed by atoms with E-state index in [-0.39, 0.29) is 0 Å². The third-order valence-corrected chi connectivity index (χ3v) is 5.84. The molecule has 2 aromatic heterocycles. The average molecular weight is 455 g/mol. The molecule has 0 unspecified atom stereocenters. The molecule has 3 aromatic rings. The fraction of sp³-hybridized carbons (Fsp3) is 0.455. The monoisotopic (exact) mass is 454 g/mol. The second kappa shape index (κ2) is 11.7. The van der Waals surface area contributed by atoms with Gasteiger partial charge in [-0.05, 0) is 56.1 Å². The molecule has 0 amide bonds. The molecular formula is C22H30N8OS. The Kier molecular flexibility index (Phi) is 8.16. The van der Waals surface area contributed by atoms with Crippen LogP contribution in [-0.4, -0.2) is 55.9 Å². The van der Waals surface area contributed by atoms with Gasteiger partial charge in [0.15, 0.2) is 0 Å². The van der Waals surface area contributed by atoms with Gasteiger partial charge in [0.1, 0.15) is 5.75 Å². The number of aromatic nitrogens is 5. The van der Waals surface area contributed by atoms with Gasteiger partial charge < -0.3 is 10.1 Å². The van der Waals surface area contributed by atoms with Crippen molar-refractivity contribution >= 4 is 23.8 Å². The number of aryl methyl sites for hydroxylation is 1. The van der Waals surface area contributed by atoms with Crippen molar-refractivity contribution in [3.8, 4) is 5.75 Å². The summed E-state index contributed by atoms with van der Waals surface area (Å²) < 4.78 is 10.7. The van der Waals surface area contributed by atoms with E-state index in [4.69, 9.17) is 4.74 Å². The van der Waals surface area contributed by atoms with Crippen LogP contribution in [0.2, 0.25) is 0 Å². The van der Waals surface area contributed by atoms with Crippen molar-refractivity contribution in [3.05, 3.63) is 48.3 Å². The Balaban J connectivity index is 1.16. The molecule has 32 heavy (non-hydrogen) atoms. The van der Waals surface area contributed by atoms with Crippen LogP contribution in [0.25, 0.3) is 0 Å². The van der Waals surface area contributed by atoms with Gasteiger partial charge in [0.2, 0.25) is 11.1 Å². The summed E-state index contributed by atoms with van der Waals surface area (Å²) >= 11 is 1.28. The Hall–Kier alpha value is -2.85. The van der Waals surface area contributed by atoms with Gasteiger partial charge in [-0.3, -0.25) is 9.62 Å². The minimum atomic E-state index is 0.509. The van der Waals surface area contributed by atoms with Crippen molar-refractivity contribution in [1.29, 1.82) is 0 Å². The van der Waals surface area contributed by atoms with Crippen LogP contribution in [0.5, 0.6) is 5.75 Å². The van der Waals surface area contributed by atoms with Crippen LogP contribution in [0.15, 0.2) is 47.9 Å². The number of likely N-dealkylation sites (tertiary alicyclic amines) is 1. The largest absolute Gasteiger partial charge is 0.494 e. The van der Waals surface area contributed by atoms with Crippen LogP contribution in [0.3, 0.4) is 0 Å². The maximum atomic E-state index is 5.97. The van der Waals surface area contributed by atoms with E-state index in [1.165, 1.54) is 49.9 Å². The average Bonchev–Trinajstić information content (AvgIpc) is 3.18. The Labute approximate surface area is 193 Å². The first kappa shape index (κ1) is 22.3. The highest BCUT2D eigenvalue weighted by molar-refractivity contribution is 8.00. The molecule has 1 fully saturated rings. The highest BCUT2D eigenvalue weighted by Crippen LogP contribution is 2.18. The van der Waals surface area contributed by atoms with Crippen molar-refractivity contribution in [2.45, 2.75) is 37.4 Å². The van der Waals surface area contributed by atoms with Crippen LogP contribution >= 0.6 is 11.9 Å². The SMILES string of the molecule is Cn1nc(NSc2ncccn2)nc1NCCCOc1cccc(CN2CCCCC2)c1. The normalized spacial score (nSPS) is 14.3. The number of benzene rings is 1. The second-order valence-corrected chi connectivity index (χ2v) is 8.50. The summed E-state index contributed by atoms with van der Waals surface area (Å²) in [4.78, 5) is 15.3. The summed E-state index contributed by atoms with van der Waals surface area (Å²) in [6.07, 6.45) is 8.24. The lowest BCUT2D eigenvalue weighted by Crippen LogP contribution is -2.29. The van der Waals surface area contributed by atoms with Crippen LogP contribution in [0.4, 0.5) is 11.9 Å². The molecule has 0 radical (unpaired) electrons. The lowest BCUT2D eigenvalue weighted by molar-refractivity contribution is 0.220. The predicted octanol–water partition coefficient (Wildman–Crippen LogP) is 3.59. The molecule has 1 aliphatic rings. The standard InChI is InChI=1S/C22H30N8OS/c1-29-21(26-20(27-29)28-32-22-24-10-6-11-25-22)23-12-7-15-31-19-9-5-8-18(16-19)17-30-13-3-2-4-14-30/h5-6,8-11,16H,2-4,7,12-15,17H2,1H3,(H2,23,26,27,28). The van der Waals surface area contributed by atoms with Crippen LogP contribution in [0, 0.1) is 0 Å². The van der Waals surface area contributed by atoms with E-state index in [0.29, 0.717) is 23.7 Å². The number of ether oxygens (including phenoxy) is 1. The maximum absolute atomic E-state index is 5.97. The Bertz CT molecular complexity index is 962. The zero-order valence-corrected chi connectivity index (χ0v) is 19.2. The summed E-state index contributed by atoms with van der Waals surface area (Å²) in [6.45, 7) is 4.80. The Morgan fingerprint density at radius 1 is 1.09 bits per heavy atom. The maximum Gasteiger partial charge on any atom is 0.254 e. The van der Waals surface area contributed by atoms with Crippen molar-refractivity contribution in [1.82, 2.24) is 29.6 Å². The number of hydrogen-bond acceptors (Lipinski definition) is 9. The summed E-state index contributed by atoms with van der Waals surface area (Å²) in [7, 11) is 1.86. The first-order valence-corrected chi connectivity index (χ1v) is 11.9. The molecule has 2 N–H and O–H groups in total. The molecule has 0 aliphatic carbocycles. The van der Waals surface area contributed by atoms with Crippen molar-refractivity contribution in [3.63, 3.8) is 0 Å². The summed E-state index contributed by atoms with van der Waals surface area (Å²) in [5.41, 5.74) is 1.32.